The smallest absolute Gasteiger partial charge is 0.236 e. The molecule has 1 aliphatic rings. The summed E-state index contributed by atoms with van der Waals surface area (Å²) in [5.41, 5.74) is 0. The number of nitrogens with zero attached hydrogens (tertiary/aromatic N) is 4. The van der Waals surface area contributed by atoms with Crippen LogP contribution in [-0.4, -0.2) is 66.6 Å². The number of aryl methyl sites for hydroxylation is 1. The minimum absolute atomic E-state index is 0.0693. The summed E-state index contributed by atoms with van der Waals surface area (Å²) in [5.74, 6) is 0.315. The summed E-state index contributed by atoms with van der Waals surface area (Å²) in [6.45, 7) is 4.14. The van der Waals surface area contributed by atoms with E-state index in [1.54, 1.807) is 7.05 Å². The molecule has 0 spiro atoms. The van der Waals surface area contributed by atoms with Gasteiger partial charge in [-0.2, -0.15) is 10.1 Å². The van der Waals surface area contributed by atoms with Crippen molar-refractivity contribution in [2.45, 2.75) is 0 Å². The van der Waals surface area contributed by atoms with Crippen molar-refractivity contribution in [3.63, 3.8) is 0 Å². The van der Waals surface area contributed by atoms with E-state index in [2.05, 4.69) is 25.0 Å². The van der Waals surface area contributed by atoms with Gasteiger partial charge >= 0.3 is 0 Å². The van der Waals surface area contributed by atoms with Gasteiger partial charge in [-0.1, -0.05) is 0 Å². The molecule has 8 nitrogen and oxygen atoms in total. The standard InChI is InChI=1S/C9H18N6O2S/c1-14-9(11-8-12-14)13-18(16,17)7-6-15-4-2-10-3-5-15/h8,10H,2-7H2,1H3,(H,11,12,13). The predicted octanol–water partition coefficient (Wildman–Crippen LogP) is -1.54. The zero-order valence-electron chi connectivity index (χ0n) is 10.3. The van der Waals surface area contributed by atoms with Gasteiger partial charge in [-0.05, 0) is 0 Å². The van der Waals surface area contributed by atoms with E-state index < -0.39 is 10.0 Å². The molecular weight excluding hydrogens is 256 g/mol. The van der Waals surface area contributed by atoms with E-state index in [-0.39, 0.29) is 11.7 Å². The van der Waals surface area contributed by atoms with E-state index in [9.17, 15) is 8.42 Å². The van der Waals surface area contributed by atoms with Gasteiger partial charge in [-0.3, -0.25) is 9.62 Å². The van der Waals surface area contributed by atoms with Gasteiger partial charge in [0.15, 0.2) is 0 Å². The second-order valence-corrected chi connectivity index (χ2v) is 6.06. The summed E-state index contributed by atoms with van der Waals surface area (Å²) in [4.78, 5) is 5.97. The van der Waals surface area contributed by atoms with Gasteiger partial charge in [-0.25, -0.2) is 13.1 Å². The SMILES string of the molecule is Cn1ncnc1NS(=O)(=O)CCN1CCNCC1. The lowest BCUT2D eigenvalue weighted by Gasteiger charge is -2.26. The average molecular weight is 274 g/mol. The molecule has 0 amide bonds. The van der Waals surface area contributed by atoms with Crippen molar-refractivity contribution in [1.82, 2.24) is 25.0 Å². The number of anilines is 1. The third-order valence-corrected chi connectivity index (χ3v) is 4.06. The van der Waals surface area contributed by atoms with Crippen LogP contribution < -0.4 is 10.0 Å². The maximum Gasteiger partial charge on any atom is 0.236 e. The van der Waals surface area contributed by atoms with Crippen molar-refractivity contribution in [3.05, 3.63) is 6.33 Å². The molecule has 102 valence electrons. The predicted molar refractivity (Wildman–Crippen MR) is 67.7 cm³/mol. The normalized spacial score (nSPS) is 17.8. The van der Waals surface area contributed by atoms with Crippen LogP contribution in [0, 0.1) is 0 Å². The molecule has 2 rings (SSSR count). The first-order chi connectivity index (χ1) is 8.57. The van der Waals surface area contributed by atoms with Gasteiger partial charge in [0.1, 0.15) is 6.33 Å². The highest BCUT2D eigenvalue weighted by Gasteiger charge is 2.17. The van der Waals surface area contributed by atoms with E-state index in [4.69, 9.17) is 0 Å². The highest BCUT2D eigenvalue weighted by molar-refractivity contribution is 7.92. The molecule has 2 N–H and O–H groups in total. The Bertz CT molecular complexity index is 479. The molecule has 0 bridgehead atoms. The maximum absolute atomic E-state index is 11.9. The third kappa shape index (κ3) is 3.65. The van der Waals surface area contributed by atoms with Crippen molar-refractivity contribution in [2.24, 2.45) is 7.05 Å². The quantitative estimate of drug-likeness (QED) is 0.676. The first-order valence-electron chi connectivity index (χ1n) is 5.84. The van der Waals surface area contributed by atoms with E-state index in [1.165, 1.54) is 11.0 Å². The fourth-order valence-corrected chi connectivity index (χ4v) is 2.83. The molecule has 9 heteroatoms. The Balaban J connectivity index is 1.85. The number of piperazine rings is 1. The van der Waals surface area contributed by atoms with E-state index >= 15 is 0 Å². The Kier molecular flexibility index (Phi) is 4.15. The minimum Gasteiger partial charge on any atom is -0.314 e. The summed E-state index contributed by atoms with van der Waals surface area (Å²) in [6, 6.07) is 0. The molecule has 18 heavy (non-hydrogen) atoms. The van der Waals surface area contributed by atoms with E-state index in [0.29, 0.717) is 6.54 Å². The second-order valence-electron chi connectivity index (χ2n) is 4.22. The number of rotatable bonds is 5. The maximum atomic E-state index is 11.9. The molecule has 0 unspecified atom stereocenters. The van der Waals surface area contributed by atoms with Crippen LogP contribution in [0.15, 0.2) is 6.33 Å². The van der Waals surface area contributed by atoms with Gasteiger partial charge in [0, 0.05) is 39.8 Å². The Morgan fingerprint density at radius 1 is 1.44 bits per heavy atom. The Morgan fingerprint density at radius 2 is 2.17 bits per heavy atom. The molecular formula is C9H18N6O2S. The van der Waals surface area contributed by atoms with E-state index in [1.807, 2.05) is 0 Å². The largest absolute Gasteiger partial charge is 0.314 e. The molecule has 0 aromatic carbocycles. The Morgan fingerprint density at radius 3 is 2.78 bits per heavy atom. The van der Waals surface area contributed by atoms with Crippen LogP contribution in [0.1, 0.15) is 0 Å². The number of aromatic nitrogens is 3. The Labute approximate surface area is 106 Å². The molecule has 1 fully saturated rings. The Hall–Kier alpha value is -1.19. The van der Waals surface area contributed by atoms with Gasteiger partial charge in [0.2, 0.25) is 16.0 Å². The highest BCUT2D eigenvalue weighted by atomic mass is 32.2. The third-order valence-electron chi connectivity index (χ3n) is 2.84. The lowest BCUT2D eigenvalue weighted by molar-refractivity contribution is 0.254. The van der Waals surface area contributed by atoms with Crippen LogP contribution in [-0.2, 0) is 17.1 Å². The fraction of sp³-hybridized carbons (Fsp3) is 0.778. The molecule has 1 aromatic rings. The van der Waals surface area contributed by atoms with Crippen molar-refractivity contribution in [1.29, 1.82) is 0 Å². The highest BCUT2D eigenvalue weighted by Crippen LogP contribution is 2.03. The second kappa shape index (κ2) is 5.63. The summed E-state index contributed by atoms with van der Waals surface area (Å²) in [5, 5.41) is 7.04. The molecule has 0 saturated carbocycles. The van der Waals surface area contributed by atoms with Gasteiger partial charge in [-0.15, -0.1) is 0 Å². The molecule has 2 heterocycles. The number of nitrogens with one attached hydrogen (secondary N) is 2. The summed E-state index contributed by atoms with van der Waals surface area (Å²) >= 11 is 0. The summed E-state index contributed by atoms with van der Waals surface area (Å²) in [7, 11) is -1.72. The van der Waals surface area contributed by atoms with E-state index in [0.717, 1.165) is 26.2 Å². The van der Waals surface area contributed by atoms with Crippen LogP contribution >= 0.6 is 0 Å². The number of hydrogen-bond acceptors (Lipinski definition) is 6. The number of sulfonamides is 1. The molecule has 0 radical (unpaired) electrons. The van der Waals surface area contributed by atoms with Crippen molar-refractivity contribution in [3.8, 4) is 0 Å². The average Bonchev–Trinajstić information content (AvgIpc) is 2.73. The molecule has 0 atom stereocenters. The molecule has 1 aromatic heterocycles. The van der Waals surface area contributed by atoms with Crippen molar-refractivity contribution >= 4 is 16.0 Å². The van der Waals surface area contributed by atoms with Crippen LogP contribution in [0.2, 0.25) is 0 Å². The van der Waals surface area contributed by atoms with Crippen molar-refractivity contribution < 1.29 is 8.42 Å². The van der Waals surface area contributed by atoms with Crippen LogP contribution in [0.25, 0.3) is 0 Å². The topological polar surface area (TPSA) is 92.1 Å². The zero-order chi connectivity index (χ0) is 13.0. The van der Waals surface area contributed by atoms with Crippen LogP contribution in [0.3, 0.4) is 0 Å². The zero-order valence-corrected chi connectivity index (χ0v) is 11.2. The monoisotopic (exact) mass is 274 g/mol. The van der Waals surface area contributed by atoms with Crippen molar-refractivity contribution in [2.75, 3.05) is 43.2 Å². The molecule has 0 aliphatic carbocycles. The van der Waals surface area contributed by atoms with Crippen LogP contribution in [0.4, 0.5) is 5.95 Å². The van der Waals surface area contributed by atoms with Crippen LogP contribution in [0.5, 0.6) is 0 Å². The molecule has 1 saturated heterocycles. The van der Waals surface area contributed by atoms with Gasteiger partial charge in [0.05, 0.1) is 5.75 Å². The fourth-order valence-electron chi connectivity index (χ4n) is 1.76. The minimum atomic E-state index is -3.36. The van der Waals surface area contributed by atoms with Gasteiger partial charge in [0.25, 0.3) is 0 Å². The summed E-state index contributed by atoms with van der Waals surface area (Å²) in [6.07, 6.45) is 1.31. The lowest BCUT2D eigenvalue weighted by Crippen LogP contribution is -2.45. The lowest BCUT2D eigenvalue weighted by atomic mass is 10.4. The first kappa shape index (κ1) is 13.2. The first-order valence-corrected chi connectivity index (χ1v) is 7.50. The number of hydrogen-bond donors (Lipinski definition) is 2. The van der Waals surface area contributed by atoms with Gasteiger partial charge < -0.3 is 5.32 Å². The molecule has 1 aliphatic heterocycles. The summed E-state index contributed by atoms with van der Waals surface area (Å²) < 4.78 is 27.5.